The average Bonchev–Trinajstić information content (AvgIpc) is 3.32. The lowest BCUT2D eigenvalue weighted by atomic mass is 10.1. The minimum Gasteiger partial charge on any atom is -0.337 e. The van der Waals surface area contributed by atoms with Gasteiger partial charge in [0.1, 0.15) is 10.7 Å². The number of carbonyl (C=O) groups is 1. The summed E-state index contributed by atoms with van der Waals surface area (Å²) in [5.74, 6) is 0.0488. The second-order valence-corrected chi connectivity index (χ2v) is 6.76. The molecule has 1 aromatic carbocycles. The number of nitrogens with zero attached hydrogens (tertiary/aromatic N) is 4. The van der Waals surface area contributed by atoms with Gasteiger partial charge in [-0.2, -0.15) is 5.10 Å². The molecular formula is C18H18N4OS. The van der Waals surface area contributed by atoms with Crippen LogP contribution in [0.1, 0.15) is 29.8 Å². The van der Waals surface area contributed by atoms with Crippen LogP contribution in [0.2, 0.25) is 0 Å². The van der Waals surface area contributed by atoms with Gasteiger partial charge in [0.15, 0.2) is 0 Å². The van der Waals surface area contributed by atoms with Crippen LogP contribution in [0.25, 0.3) is 16.3 Å². The number of para-hydroxylation sites is 1. The quantitative estimate of drug-likeness (QED) is 0.733. The van der Waals surface area contributed by atoms with E-state index in [0.717, 1.165) is 42.2 Å². The molecule has 122 valence electrons. The largest absolute Gasteiger partial charge is 0.337 e. The molecule has 0 bridgehead atoms. The van der Waals surface area contributed by atoms with E-state index in [0.29, 0.717) is 5.69 Å². The van der Waals surface area contributed by atoms with E-state index >= 15 is 0 Å². The van der Waals surface area contributed by atoms with Gasteiger partial charge in [0.05, 0.1) is 11.9 Å². The molecule has 5 nitrogen and oxygen atoms in total. The first-order chi connectivity index (χ1) is 11.8. The van der Waals surface area contributed by atoms with E-state index in [4.69, 9.17) is 0 Å². The Kier molecular flexibility index (Phi) is 4.13. The minimum absolute atomic E-state index is 0.0488. The van der Waals surface area contributed by atoms with Crippen LogP contribution < -0.4 is 0 Å². The van der Waals surface area contributed by atoms with Crippen LogP contribution in [0.15, 0.2) is 48.1 Å². The Balaban J connectivity index is 1.55. The molecule has 0 unspecified atom stereocenters. The van der Waals surface area contributed by atoms with E-state index < -0.39 is 0 Å². The van der Waals surface area contributed by atoms with Crippen LogP contribution in [0.4, 0.5) is 0 Å². The highest BCUT2D eigenvalue weighted by Gasteiger charge is 2.21. The smallest absolute Gasteiger partial charge is 0.273 e. The predicted octanol–water partition coefficient (Wildman–Crippen LogP) is 3.62. The molecule has 1 amide bonds. The molecule has 1 aliphatic heterocycles. The van der Waals surface area contributed by atoms with Crippen molar-refractivity contribution in [2.45, 2.75) is 19.3 Å². The second kappa shape index (κ2) is 6.57. The van der Waals surface area contributed by atoms with Crippen molar-refractivity contribution in [2.24, 2.45) is 0 Å². The number of hydrogen-bond donors (Lipinski definition) is 0. The van der Waals surface area contributed by atoms with Gasteiger partial charge in [0.2, 0.25) is 0 Å². The van der Waals surface area contributed by atoms with E-state index in [2.05, 4.69) is 10.1 Å². The normalized spacial score (nSPS) is 14.8. The number of piperidine rings is 1. The van der Waals surface area contributed by atoms with Gasteiger partial charge in [0.25, 0.3) is 5.91 Å². The molecule has 0 aliphatic carbocycles. The van der Waals surface area contributed by atoms with Crippen molar-refractivity contribution in [1.29, 1.82) is 0 Å². The molecule has 1 saturated heterocycles. The van der Waals surface area contributed by atoms with Gasteiger partial charge < -0.3 is 4.90 Å². The van der Waals surface area contributed by atoms with E-state index in [1.165, 1.54) is 17.8 Å². The third kappa shape index (κ3) is 2.97. The van der Waals surface area contributed by atoms with Crippen molar-refractivity contribution in [3.63, 3.8) is 0 Å². The average molecular weight is 338 g/mol. The molecular weight excluding hydrogens is 320 g/mol. The zero-order chi connectivity index (χ0) is 16.4. The van der Waals surface area contributed by atoms with Crippen molar-refractivity contribution in [1.82, 2.24) is 19.7 Å². The van der Waals surface area contributed by atoms with E-state index in [1.807, 2.05) is 51.5 Å². The summed E-state index contributed by atoms with van der Waals surface area (Å²) in [5.41, 5.74) is 2.48. The van der Waals surface area contributed by atoms with Gasteiger partial charge in [-0.1, -0.05) is 18.2 Å². The van der Waals surface area contributed by atoms with Crippen molar-refractivity contribution in [2.75, 3.05) is 13.1 Å². The van der Waals surface area contributed by atoms with E-state index in [1.54, 1.807) is 6.20 Å². The molecule has 0 atom stereocenters. The summed E-state index contributed by atoms with van der Waals surface area (Å²) in [6.45, 7) is 1.69. The van der Waals surface area contributed by atoms with Gasteiger partial charge >= 0.3 is 0 Å². The Hall–Kier alpha value is -2.47. The van der Waals surface area contributed by atoms with Gasteiger partial charge in [-0.25, -0.2) is 9.67 Å². The van der Waals surface area contributed by atoms with Crippen molar-refractivity contribution in [3.05, 3.63) is 53.8 Å². The molecule has 0 spiro atoms. The molecule has 3 aromatic rings. The molecule has 4 rings (SSSR count). The minimum atomic E-state index is 0.0488. The third-order valence-electron chi connectivity index (χ3n) is 4.22. The zero-order valence-corrected chi connectivity index (χ0v) is 14.1. The maximum atomic E-state index is 12.5. The molecule has 1 fully saturated rings. The number of likely N-dealkylation sites (tertiary alicyclic amines) is 1. The van der Waals surface area contributed by atoms with Crippen LogP contribution >= 0.6 is 11.3 Å². The molecule has 0 radical (unpaired) electrons. The maximum absolute atomic E-state index is 12.5. The Labute approximate surface area is 144 Å². The Bertz CT molecular complexity index is 834. The van der Waals surface area contributed by atoms with Crippen LogP contribution in [-0.2, 0) is 0 Å². The molecule has 24 heavy (non-hydrogen) atoms. The Morgan fingerprint density at radius 3 is 2.67 bits per heavy atom. The summed E-state index contributed by atoms with van der Waals surface area (Å²) < 4.78 is 1.82. The lowest BCUT2D eigenvalue weighted by Crippen LogP contribution is -2.35. The van der Waals surface area contributed by atoms with Crippen molar-refractivity contribution in [3.8, 4) is 16.3 Å². The van der Waals surface area contributed by atoms with Crippen LogP contribution in [0.5, 0.6) is 0 Å². The fourth-order valence-electron chi connectivity index (χ4n) is 2.92. The van der Waals surface area contributed by atoms with Gasteiger partial charge in [0, 0.05) is 30.2 Å². The number of hydrogen-bond acceptors (Lipinski definition) is 4. The standard InChI is InChI=1S/C18H18N4OS/c23-18(21-9-5-2-6-10-21)16-13-24-17(20-16)14-11-19-22(12-14)15-7-3-1-4-8-15/h1,3-4,7-8,11-13H,2,5-6,9-10H2. The summed E-state index contributed by atoms with van der Waals surface area (Å²) in [6.07, 6.45) is 7.13. The molecule has 0 N–H and O–H groups in total. The number of rotatable bonds is 3. The first-order valence-corrected chi connectivity index (χ1v) is 9.04. The molecule has 1 aliphatic rings. The Morgan fingerprint density at radius 1 is 1.08 bits per heavy atom. The predicted molar refractivity (Wildman–Crippen MR) is 94.4 cm³/mol. The number of carbonyl (C=O) groups excluding carboxylic acids is 1. The molecule has 2 aromatic heterocycles. The highest BCUT2D eigenvalue weighted by molar-refractivity contribution is 7.13. The first-order valence-electron chi connectivity index (χ1n) is 8.16. The summed E-state index contributed by atoms with van der Waals surface area (Å²) in [6, 6.07) is 9.95. The fraction of sp³-hybridized carbons (Fsp3) is 0.278. The number of aromatic nitrogens is 3. The number of benzene rings is 1. The topological polar surface area (TPSA) is 51.0 Å². The Morgan fingerprint density at radius 2 is 1.88 bits per heavy atom. The van der Waals surface area contributed by atoms with Crippen molar-refractivity contribution >= 4 is 17.2 Å². The lowest BCUT2D eigenvalue weighted by molar-refractivity contribution is 0.0719. The van der Waals surface area contributed by atoms with E-state index in [9.17, 15) is 4.79 Å². The third-order valence-corrected chi connectivity index (χ3v) is 5.11. The molecule has 6 heteroatoms. The van der Waals surface area contributed by atoms with Gasteiger partial charge in [-0.3, -0.25) is 4.79 Å². The first kappa shape index (κ1) is 15.1. The molecule has 3 heterocycles. The van der Waals surface area contributed by atoms with Gasteiger partial charge in [-0.15, -0.1) is 11.3 Å². The van der Waals surface area contributed by atoms with Gasteiger partial charge in [-0.05, 0) is 31.4 Å². The fourth-order valence-corrected chi connectivity index (χ4v) is 3.69. The SMILES string of the molecule is O=C(c1csc(-c2cnn(-c3ccccc3)c2)n1)N1CCCCC1. The zero-order valence-electron chi connectivity index (χ0n) is 13.3. The van der Waals surface area contributed by atoms with Crippen LogP contribution in [0.3, 0.4) is 0 Å². The monoisotopic (exact) mass is 338 g/mol. The van der Waals surface area contributed by atoms with E-state index in [-0.39, 0.29) is 5.91 Å². The number of amides is 1. The lowest BCUT2D eigenvalue weighted by Gasteiger charge is -2.25. The highest BCUT2D eigenvalue weighted by atomic mass is 32.1. The molecule has 0 saturated carbocycles. The number of thiazole rings is 1. The maximum Gasteiger partial charge on any atom is 0.273 e. The summed E-state index contributed by atoms with van der Waals surface area (Å²) in [5, 5.41) is 7.08. The van der Waals surface area contributed by atoms with Crippen LogP contribution in [0, 0.1) is 0 Å². The summed E-state index contributed by atoms with van der Waals surface area (Å²) in [4.78, 5) is 19.0. The highest BCUT2D eigenvalue weighted by Crippen LogP contribution is 2.25. The second-order valence-electron chi connectivity index (χ2n) is 5.90. The van der Waals surface area contributed by atoms with Crippen LogP contribution in [-0.4, -0.2) is 38.7 Å². The summed E-state index contributed by atoms with van der Waals surface area (Å²) in [7, 11) is 0. The van der Waals surface area contributed by atoms with Crippen molar-refractivity contribution < 1.29 is 4.79 Å². The summed E-state index contributed by atoms with van der Waals surface area (Å²) >= 11 is 1.49.